The van der Waals surface area contributed by atoms with Gasteiger partial charge < -0.3 is 25.0 Å². The van der Waals surface area contributed by atoms with E-state index in [0.29, 0.717) is 35.7 Å². The summed E-state index contributed by atoms with van der Waals surface area (Å²) in [7, 11) is 4.01. The summed E-state index contributed by atoms with van der Waals surface area (Å²) in [6, 6.07) is 11.4. The molecule has 3 aliphatic rings. The van der Waals surface area contributed by atoms with E-state index in [1.807, 2.05) is 41.1 Å². The lowest BCUT2D eigenvalue weighted by atomic mass is 9.99. The average molecular weight is 544 g/mol. The number of guanidine groups is 1. The Balaban J connectivity index is 1.21. The van der Waals surface area contributed by atoms with Crippen LogP contribution in [0, 0.1) is 11.3 Å². The van der Waals surface area contributed by atoms with E-state index in [2.05, 4.69) is 33.3 Å². The number of aromatic nitrogens is 1. The van der Waals surface area contributed by atoms with Gasteiger partial charge in [-0.25, -0.2) is 0 Å². The highest BCUT2D eigenvalue weighted by Gasteiger charge is 2.28. The van der Waals surface area contributed by atoms with Crippen molar-refractivity contribution >= 4 is 29.0 Å². The fraction of sp³-hybridized carbons (Fsp3) is 0.484. The Labute approximate surface area is 236 Å². The molecule has 2 aromatic rings. The summed E-state index contributed by atoms with van der Waals surface area (Å²) in [5, 5.41) is 11.5. The standard InChI is InChI=1S/C31H41N7O2/c1-36-18-15-26(16-19-36)37(2)29(39)24-9-11-25(12-10-24)34-31(32)35-28-27(8-5-17-33-28)22-13-20-38(21-14-22)30(40)23-6-3-4-7-23/h5,8-13,17,23,26H,3-4,6-7,14-16,18-21H2,1-2H3,(H3,32,33,34,35). The van der Waals surface area contributed by atoms with Gasteiger partial charge in [0.1, 0.15) is 5.49 Å². The number of nitrogens with one attached hydrogen (secondary N) is 3. The molecule has 40 heavy (non-hydrogen) atoms. The van der Waals surface area contributed by atoms with Crippen LogP contribution >= 0.6 is 0 Å². The Morgan fingerprint density at radius 1 is 1.05 bits per heavy atom. The predicted octanol–water partition coefficient (Wildman–Crippen LogP) is 3.93. The molecule has 3 heterocycles. The molecule has 1 saturated carbocycles. The first-order valence-electron chi connectivity index (χ1n) is 14.5. The minimum absolute atomic E-state index is 0.000618. The Hall–Kier alpha value is -3.72. The maximum Gasteiger partial charge on any atom is 0.253 e. The van der Waals surface area contributed by atoms with Crippen molar-refractivity contribution in [3.63, 3.8) is 0 Å². The highest BCUT2D eigenvalue weighted by Crippen LogP contribution is 2.28. The van der Waals surface area contributed by atoms with Crippen molar-refractivity contribution in [2.75, 3.05) is 45.6 Å². The number of pyridine rings is 1. The zero-order valence-electron chi connectivity index (χ0n) is 23.7. The monoisotopic (exact) mass is 543 g/mol. The molecule has 3 N–H and O–H groups in total. The molecule has 2 fully saturated rings. The fourth-order valence-corrected chi connectivity index (χ4v) is 6.05. The van der Waals surface area contributed by atoms with E-state index in [0.717, 1.165) is 69.2 Å². The summed E-state index contributed by atoms with van der Waals surface area (Å²) in [6.45, 7) is 3.34. The first-order valence-corrected chi connectivity index (χ1v) is 14.5. The Bertz CT molecular complexity index is 1320. The summed E-state index contributed by atoms with van der Waals surface area (Å²) in [5.41, 5.74) is 4.02. The van der Waals surface area contributed by atoms with Gasteiger partial charge in [0.25, 0.3) is 5.91 Å². The molecule has 5 rings (SSSR count). The van der Waals surface area contributed by atoms with Crippen LogP contribution in [0.3, 0.4) is 0 Å². The number of hydrogen-bond donors (Lipinski definition) is 3. The van der Waals surface area contributed by atoms with E-state index in [-0.39, 0.29) is 23.8 Å². The Morgan fingerprint density at radius 3 is 2.45 bits per heavy atom. The normalized spacial score (nSPS) is 19.4. The number of carbonyl (C=O) groups excluding carboxylic acids is 2. The lowest BCUT2D eigenvalue weighted by Crippen LogP contribution is -2.44. The van der Waals surface area contributed by atoms with Crippen molar-refractivity contribution in [3.05, 3.63) is 65.3 Å². The molecule has 0 unspecified atom stereocenters. The topological polar surface area (TPSA) is 108 Å². The second-order valence-electron chi connectivity index (χ2n) is 11.3. The summed E-state index contributed by atoms with van der Waals surface area (Å²) >= 11 is 0. The van der Waals surface area contributed by atoms with Crippen LogP contribution in [0.15, 0.2) is 53.7 Å². The maximum absolute atomic E-state index is 13.0. The maximum atomic E-state index is 13.0. The number of benzene rings is 1. The zero-order chi connectivity index (χ0) is 28.1. The number of rotatable bonds is 5. The molecule has 9 nitrogen and oxygen atoms in total. The molecule has 0 atom stereocenters. The van der Waals surface area contributed by atoms with Gasteiger partial charge in [0.15, 0.2) is 0 Å². The number of hydrogen-bond acceptors (Lipinski definition) is 4. The van der Waals surface area contributed by atoms with Crippen LogP contribution < -0.4 is 10.8 Å². The number of anilines is 1. The molecular formula is C31H41N7O2. The van der Waals surface area contributed by atoms with Crippen LogP contribution in [0.5, 0.6) is 0 Å². The number of carbonyl (C=O) groups is 2. The van der Waals surface area contributed by atoms with Crippen LogP contribution in [0.25, 0.3) is 5.57 Å². The molecule has 9 heteroatoms. The van der Waals surface area contributed by atoms with E-state index in [4.69, 9.17) is 5.41 Å². The van der Waals surface area contributed by atoms with E-state index in [1.54, 1.807) is 18.3 Å². The molecule has 2 amide bonds. The number of piperidine rings is 1. The van der Waals surface area contributed by atoms with Gasteiger partial charge in [0, 0.05) is 55.1 Å². The first kappa shape index (κ1) is 27.8. The first-order chi connectivity index (χ1) is 19.4. The molecule has 0 spiro atoms. The van der Waals surface area contributed by atoms with E-state index in [1.165, 1.54) is 0 Å². The van der Waals surface area contributed by atoms with Crippen LogP contribution in [-0.4, -0.2) is 83.8 Å². The third-order valence-electron chi connectivity index (χ3n) is 8.58. The summed E-state index contributed by atoms with van der Waals surface area (Å²) in [5.74, 6) is 0.517. The van der Waals surface area contributed by atoms with Crippen molar-refractivity contribution in [1.82, 2.24) is 19.7 Å². The summed E-state index contributed by atoms with van der Waals surface area (Å²) in [6.07, 6.45) is 11.0. The van der Waals surface area contributed by atoms with Gasteiger partial charge in [-0.1, -0.05) is 18.9 Å². The Morgan fingerprint density at radius 2 is 1.77 bits per heavy atom. The van der Waals surface area contributed by atoms with Gasteiger partial charge in [-0.05, 0) is 94.2 Å². The highest BCUT2D eigenvalue weighted by molar-refractivity contribution is 5.96. The minimum Gasteiger partial charge on any atom is -0.346 e. The third-order valence-corrected chi connectivity index (χ3v) is 8.58. The van der Waals surface area contributed by atoms with Crippen LogP contribution in [-0.2, 0) is 4.79 Å². The van der Waals surface area contributed by atoms with Crippen LogP contribution in [0.4, 0.5) is 5.69 Å². The van der Waals surface area contributed by atoms with E-state index in [9.17, 15) is 9.59 Å². The van der Waals surface area contributed by atoms with Crippen LogP contribution in [0.2, 0.25) is 0 Å². The average Bonchev–Trinajstić information content (AvgIpc) is 3.52. The molecule has 0 bridgehead atoms. The van der Waals surface area contributed by atoms with Crippen molar-refractivity contribution < 1.29 is 9.59 Å². The zero-order valence-corrected chi connectivity index (χ0v) is 23.7. The van der Waals surface area contributed by atoms with E-state index >= 15 is 0 Å². The minimum atomic E-state index is 0.000618. The molecular weight excluding hydrogens is 502 g/mol. The SMILES string of the molecule is CN1CCC(N(C)C(=O)c2ccc(NC(=N)/N=c3\[nH]cccc3C3=CCN(C(=O)C4CCCC4)CC3)cc2)CC1. The van der Waals surface area contributed by atoms with Gasteiger partial charge in [-0.2, -0.15) is 4.99 Å². The van der Waals surface area contributed by atoms with Crippen molar-refractivity contribution in [2.45, 2.75) is 51.0 Å². The molecule has 1 saturated heterocycles. The lowest BCUT2D eigenvalue weighted by molar-refractivity contribution is -0.134. The molecule has 1 aromatic carbocycles. The number of likely N-dealkylation sites (tertiary alicyclic amines) is 1. The lowest BCUT2D eigenvalue weighted by Gasteiger charge is -2.35. The fourth-order valence-electron chi connectivity index (χ4n) is 6.05. The number of amides is 2. The van der Waals surface area contributed by atoms with Gasteiger partial charge in [0.2, 0.25) is 11.9 Å². The quantitative estimate of drug-likeness (QED) is 0.392. The number of nitrogens with zero attached hydrogens (tertiary/aromatic N) is 4. The van der Waals surface area contributed by atoms with Crippen molar-refractivity contribution in [1.29, 1.82) is 5.41 Å². The smallest absolute Gasteiger partial charge is 0.253 e. The Kier molecular flexibility index (Phi) is 8.79. The molecule has 1 aliphatic carbocycles. The van der Waals surface area contributed by atoms with E-state index < -0.39 is 0 Å². The molecule has 212 valence electrons. The molecule has 0 radical (unpaired) electrons. The van der Waals surface area contributed by atoms with Crippen LogP contribution in [0.1, 0.15) is 60.9 Å². The summed E-state index contributed by atoms with van der Waals surface area (Å²) in [4.78, 5) is 39.7. The summed E-state index contributed by atoms with van der Waals surface area (Å²) < 4.78 is 0. The number of H-pyrrole nitrogens is 1. The van der Waals surface area contributed by atoms with Gasteiger partial charge in [0.05, 0.1) is 0 Å². The third kappa shape index (κ3) is 6.53. The van der Waals surface area contributed by atoms with Crippen molar-refractivity contribution in [3.8, 4) is 0 Å². The van der Waals surface area contributed by atoms with Gasteiger partial charge in [-0.3, -0.25) is 15.0 Å². The second-order valence-corrected chi connectivity index (χ2v) is 11.3. The predicted molar refractivity (Wildman–Crippen MR) is 158 cm³/mol. The number of aromatic amines is 1. The molecule has 1 aromatic heterocycles. The largest absolute Gasteiger partial charge is 0.346 e. The van der Waals surface area contributed by atoms with Crippen molar-refractivity contribution in [2.24, 2.45) is 10.9 Å². The highest BCUT2D eigenvalue weighted by atomic mass is 16.2. The molecule has 2 aliphatic heterocycles. The van der Waals surface area contributed by atoms with Gasteiger partial charge >= 0.3 is 0 Å². The second kappa shape index (κ2) is 12.6. The van der Waals surface area contributed by atoms with Gasteiger partial charge in [-0.15, -0.1) is 0 Å².